The molecule has 0 aromatic rings. The van der Waals surface area contributed by atoms with E-state index >= 15 is 0 Å². The molecule has 16 heavy (non-hydrogen) atoms. The normalized spacial score (nSPS) is 20.7. The minimum Gasteiger partial charge on any atom is -0.450 e. The second-order valence-corrected chi connectivity index (χ2v) is 6.45. The third-order valence-corrected chi connectivity index (χ3v) is 5.11. The number of ether oxygens (including phenoxy) is 1. The van der Waals surface area contributed by atoms with Crippen LogP contribution in [0.2, 0.25) is 0 Å². The fourth-order valence-electron chi connectivity index (χ4n) is 1.61. The van der Waals surface area contributed by atoms with E-state index in [1.807, 2.05) is 11.8 Å². The van der Waals surface area contributed by atoms with Crippen LogP contribution in [0.5, 0.6) is 0 Å². The lowest BCUT2D eigenvalue weighted by Gasteiger charge is -2.20. The van der Waals surface area contributed by atoms with E-state index in [0.717, 1.165) is 24.3 Å². The van der Waals surface area contributed by atoms with Crippen molar-refractivity contribution in [1.29, 1.82) is 0 Å². The van der Waals surface area contributed by atoms with Gasteiger partial charge in [-0.1, -0.05) is 32.6 Å². The molecule has 0 bridgehead atoms. The van der Waals surface area contributed by atoms with Crippen LogP contribution in [-0.2, 0) is 9.53 Å². The third-order valence-electron chi connectivity index (χ3n) is 2.53. The summed E-state index contributed by atoms with van der Waals surface area (Å²) in [5.74, 6) is 3.26. The summed E-state index contributed by atoms with van der Waals surface area (Å²) in [6.07, 6.45) is 6.53. The summed E-state index contributed by atoms with van der Waals surface area (Å²) in [5, 5.41) is 0. The molecular formula is C12H22O2S2. The Hall–Kier alpha value is 0.170. The Morgan fingerprint density at radius 1 is 1.25 bits per heavy atom. The Kier molecular flexibility index (Phi) is 8.21. The second kappa shape index (κ2) is 9.23. The van der Waals surface area contributed by atoms with Gasteiger partial charge in [-0.05, 0) is 6.42 Å². The first-order valence-corrected chi connectivity index (χ1v) is 8.42. The van der Waals surface area contributed by atoms with Gasteiger partial charge in [-0.2, -0.15) is 11.8 Å². The van der Waals surface area contributed by atoms with Crippen molar-refractivity contribution in [3.63, 3.8) is 0 Å². The standard InChI is InChI=1S/C12H22O2S2/c1-2-3-4-5-6-7-11(13)14-12-10-15-8-9-16-12/h12H,2-10H2,1H3. The van der Waals surface area contributed by atoms with Crippen LogP contribution in [0.3, 0.4) is 0 Å². The van der Waals surface area contributed by atoms with Crippen molar-refractivity contribution >= 4 is 29.5 Å². The van der Waals surface area contributed by atoms with Gasteiger partial charge in [-0.25, -0.2) is 0 Å². The number of thioether (sulfide) groups is 2. The largest absolute Gasteiger partial charge is 0.450 e. The van der Waals surface area contributed by atoms with Crippen molar-refractivity contribution in [3.05, 3.63) is 0 Å². The molecule has 94 valence electrons. The molecule has 2 nitrogen and oxygen atoms in total. The van der Waals surface area contributed by atoms with Crippen molar-refractivity contribution in [3.8, 4) is 0 Å². The highest BCUT2D eigenvalue weighted by atomic mass is 32.2. The zero-order chi connectivity index (χ0) is 11.6. The summed E-state index contributed by atoms with van der Waals surface area (Å²) < 4.78 is 5.40. The lowest BCUT2D eigenvalue weighted by atomic mass is 10.1. The molecule has 1 unspecified atom stereocenters. The van der Waals surface area contributed by atoms with Gasteiger partial charge in [0.2, 0.25) is 0 Å². The first-order chi connectivity index (χ1) is 7.83. The average Bonchev–Trinajstić information content (AvgIpc) is 2.30. The fourth-order valence-corrected chi connectivity index (χ4v) is 4.01. The monoisotopic (exact) mass is 262 g/mol. The maximum atomic E-state index is 11.5. The fraction of sp³-hybridized carbons (Fsp3) is 0.917. The van der Waals surface area contributed by atoms with Gasteiger partial charge in [0.05, 0.1) is 0 Å². The molecule has 1 fully saturated rings. The van der Waals surface area contributed by atoms with Crippen molar-refractivity contribution in [2.45, 2.75) is 50.9 Å². The number of rotatable bonds is 7. The van der Waals surface area contributed by atoms with Crippen LogP contribution < -0.4 is 0 Å². The summed E-state index contributed by atoms with van der Waals surface area (Å²) in [5.41, 5.74) is 0.113. The van der Waals surface area contributed by atoms with Crippen LogP contribution in [0.15, 0.2) is 0 Å². The quantitative estimate of drug-likeness (QED) is 0.516. The summed E-state index contributed by atoms with van der Waals surface area (Å²) in [4.78, 5) is 11.5. The molecule has 0 saturated carbocycles. The maximum Gasteiger partial charge on any atom is 0.306 e. The predicted octanol–water partition coefficient (Wildman–Crippen LogP) is 3.70. The van der Waals surface area contributed by atoms with Crippen molar-refractivity contribution in [2.24, 2.45) is 0 Å². The first-order valence-electron chi connectivity index (χ1n) is 6.21. The molecule has 0 aliphatic carbocycles. The van der Waals surface area contributed by atoms with E-state index < -0.39 is 0 Å². The molecule has 0 aromatic heterocycles. The highest BCUT2D eigenvalue weighted by Gasteiger charge is 2.17. The molecule has 0 radical (unpaired) electrons. The van der Waals surface area contributed by atoms with Crippen LogP contribution in [0.25, 0.3) is 0 Å². The van der Waals surface area contributed by atoms with Gasteiger partial charge in [0.1, 0.15) is 0 Å². The Bertz CT molecular complexity index is 191. The van der Waals surface area contributed by atoms with Gasteiger partial charge < -0.3 is 4.74 Å². The van der Waals surface area contributed by atoms with Crippen LogP contribution >= 0.6 is 23.5 Å². The first kappa shape index (κ1) is 14.2. The number of esters is 1. The van der Waals surface area contributed by atoms with Crippen LogP contribution in [-0.4, -0.2) is 28.7 Å². The highest BCUT2D eigenvalue weighted by molar-refractivity contribution is 8.06. The van der Waals surface area contributed by atoms with Gasteiger partial charge in [-0.15, -0.1) is 11.8 Å². The van der Waals surface area contributed by atoms with Crippen molar-refractivity contribution in [2.75, 3.05) is 17.3 Å². The van der Waals surface area contributed by atoms with Gasteiger partial charge in [0, 0.05) is 23.7 Å². The number of carbonyl (C=O) groups is 1. The lowest BCUT2D eigenvalue weighted by molar-refractivity contribution is -0.144. The van der Waals surface area contributed by atoms with Crippen molar-refractivity contribution < 1.29 is 9.53 Å². The van der Waals surface area contributed by atoms with E-state index in [1.54, 1.807) is 11.8 Å². The Labute approximate surface area is 107 Å². The zero-order valence-electron chi connectivity index (χ0n) is 10.1. The molecule has 1 aliphatic heterocycles. The molecule has 4 heteroatoms. The van der Waals surface area contributed by atoms with Gasteiger partial charge >= 0.3 is 5.97 Å². The molecule has 0 amide bonds. The highest BCUT2D eigenvalue weighted by Crippen LogP contribution is 2.25. The Morgan fingerprint density at radius 2 is 2.06 bits per heavy atom. The van der Waals surface area contributed by atoms with E-state index in [-0.39, 0.29) is 11.4 Å². The molecule has 0 spiro atoms. The molecule has 0 N–H and O–H groups in total. The van der Waals surface area contributed by atoms with E-state index in [2.05, 4.69) is 6.92 Å². The zero-order valence-corrected chi connectivity index (χ0v) is 11.7. The second-order valence-electron chi connectivity index (χ2n) is 4.03. The number of carbonyl (C=O) groups excluding carboxylic acids is 1. The minimum absolute atomic E-state index is 0.00324. The number of hydrogen-bond acceptors (Lipinski definition) is 4. The Morgan fingerprint density at radius 3 is 2.75 bits per heavy atom. The van der Waals surface area contributed by atoms with Crippen LogP contribution in [0.1, 0.15) is 45.4 Å². The van der Waals surface area contributed by atoms with Crippen molar-refractivity contribution in [1.82, 2.24) is 0 Å². The smallest absolute Gasteiger partial charge is 0.306 e. The van der Waals surface area contributed by atoms with E-state index in [1.165, 1.54) is 25.0 Å². The Balaban J connectivity index is 1.97. The molecule has 1 atom stereocenters. The predicted molar refractivity (Wildman–Crippen MR) is 73.0 cm³/mol. The molecule has 1 heterocycles. The molecular weight excluding hydrogens is 240 g/mol. The van der Waals surface area contributed by atoms with E-state index in [0.29, 0.717) is 6.42 Å². The van der Waals surface area contributed by atoms with Crippen LogP contribution in [0.4, 0.5) is 0 Å². The number of hydrogen-bond donors (Lipinski definition) is 0. The average molecular weight is 262 g/mol. The van der Waals surface area contributed by atoms with Gasteiger partial charge in [0.15, 0.2) is 5.44 Å². The summed E-state index contributed by atoms with van der Waals surface area (Å²) >= 11 is 3.66. The summed E-state index contributed by atoms with van der Waals surface area (Å²) in [6, 6.07) is 0. The third kappa shape index (κ3) is 6.69. The summed E-state index contributed by atoms with van der Waals surface area (Å²) in [6.45, 7) is 2.20. The molecule has 1 rings (SSSR count). The summed E-state index contributed by atoms with van der Waals surface area (Å²) in [7, 11) is 0. The minimum atomic E-state index is -0.00324. The lowest BCUT2D eigenvalue weighted by Crippen LogP contribution is -2.21. The van der Waals surface area contributed by atoms with E-state index in [4.69, 9.17) is 4.74 Å². The molecule has 0 aromatic carbocycles. The topological polar surface area (TPSA) is 26.3 Å². The van der Waals surface area contributed by atoms with E-state index in [9.17, 15) is 4.79 Å². The SMILES string of the molecule is CCCCCCCC(=O)OC1CSCCS1. The van der Waals surface area contributed by atoms with Gasteiger partial charge in [0.25, 0.3) is 0 Å². The maximum absolute atomic E-state index is 11.5. The van der Waals surface area contributed by atoms with Gasteiger partial charge in [-0.3, -0.25) is 4.79 Å². The molecule has 1 aliphatic rings. The van der Waals surface area contributed by atoms with Crippen LogP contribution in [0, 0.1) is 0 Å². The molecule has 1 saturated heterocycles. The number of unbranched alkanes of at least 4 members (excludes halogenated alkanes) is 4.